The Morgan fingerprint density at radius 3 is 2.75 bits per heavy atom. The summed E-state index contributed by atoms with van der Waals surface area (Å²) in [7, 11) is 0. The first-order valence-corrected chi connectivity index (χ1v) is 6.41. The number of carboxylic acid groups (broad SMARTS) is 1. The Kier molecular flexibility index (Phi) is 6.43. The summed E-state index contributed by atoms with van der Waals surface area (Å²) in [6.45, 7) is 2.26. The molecule has 0 saturated heterocycles. The first-order valence-electron chi connectivity index (χ1n) is 6.41. The Morgan fingerprint density at radius 1 is 1.40 bits per heavy atom. The Labute approximate surface area is 117 Å². The van der Waals surface area contributed by atoms with Gasteiger partial charge >= 0.3 is 5.97 Å². The number of hydrogen-bond donors (Lipinski definition) is 2. The van der Waals surface area contributed by atoms with E-state index in [-0.39, 0.29) is 24.1 Å². The summed E-state index contributed by atoms with van der Waals surface area (Å²) in [5.41, 5.74) is 0.349. The van der Waals surface area contributed by atoms with E-state index in [1.165, 1.54) is 18.2 Å². The molecule has 0 heterocycles. The molecule has 20 heavy (non-hydrogen) atoms. The maximum Gasteiger partial charge on any atom is 0.303 e. The molecule has 0 aliphatic heterocycles. The molecule has 0 radical (unpaired) electrons. The van der Waals surface area contributed by atoms with Crippen molar-refractivity contribution in [1.29, 1.82) is 0 Å². The van der Waals surface area contributed by atoms with Crippen molar-refractivity contribution in [3.8, 4) is 0 Å². The lowest BCUT2D eigenvalue weighted by atomic mass is 10.1. The van der Waals surface area contributed by atoms with Gasteiger partial charge in [-0.15, -0.1) is 0 Å². The van der Waals surface area contributed by atoms with Crippen LogP contribution in [0.25, 0.3) is 6.08 Å². The van der Waals surface area contributed by atoms with Crippen molar-refractivity contribution in [3.63, 3.8) is 0 Å². The topological polar surface area (TPSA) is 66.4 Å². The second kappa shape index (κ2) is 8.09. The fraction of sp³-hybridized carbons (Fsp3) is 0.333. The molecular weight excluding hydrogens is 261 g/mol. The highest BCUT2D eigenvalue weighted by atomic mass is 19.1. The third-order valence-electron chi connectivity index (χ3n) is 2.80. The highest BCUT2D eigenvalue weighted by Crippen LogP contribution is 2.08. The van der Waals surface area contributed by atoms with Crippen LogP contribution in [0.1, 0.15) is 25.3 Å². The van der Waals surface area contributed by atoms with Gasteiger partial charge in [-0.25, -0.2) is 4.39 Å². The van der Waals surface area contributed by atoms with Crippen LogP contribution in [0.3, 0.4) is 0 Å². The predicted molar refractivity (Wildman–Crippen MR) is 74.5 cm³/mol. The van der Waals surface area contributed by atoms with Gasteiger partial charge in [0.25, 0.3) is 0 Å². The minimum Gasteiger partial charge on any atom is -0.481 e. The van der Waals surface area contributed by atoms with Gasteiger partial charge in [-0.1, -0.05) is 25.1 Å². The van der Waals surface area contributed by atoms with Crippen LogP contribution in [-0.4, -0.2) is 23.5 Å². The van der Waals surface area contributed by atoms with Gasteiger partial charge in [0.15, 0.2) is 0 Å². The van der Waals surface area contributed by atoms with Crippen LogP contribution < -0.4 is 5.32 Å². The van der Waals surface area contributed by atoms with Crippen molar-refractivity contribution in [2.24, 2.45) is 5.92 Å². The van der Waals surface area contributed by atoms with E-state index in [2.05, 4.69) is 5.32 Å². The molecule has 2 N–H and O–H groups in total. The average Bonchev–Trinajstić information content (AvgIpc) is 2.42. The number of rotatable bonds is 7. The van der Waals surface area contributed by atoms with Crippen molar-refractivity contribution < 1.29 is 19.1 Å². The van der Waals surface area contributed by atoms with Gasteiger partial charge in [-0.05, 0) is 24.5 Å². The van der Waals surface area contributed by atoms with Gasteiger partial charge in [0.1, 0.15) is 5.82 Å². The molecule has 1 aromatic rings. The first-order chi connectivity index (χ1) is 9.49. The zero-order valence-corrected chi connectivity index (χ0v) is 11.3. The molecule has 1 atom stereocenters. The van der Waals surface area contributed by atoms with E-state index < -0.39 is 5.97 Å². The summed E-state index contributed by atoms with van der Waals surface area (Å²) in [4.78, 5) is 21.9. The summed E-state index contributed by atoms with van der Waals surface area (Å²) in [5.74, 6) is -1.47. The Bertz CT molecular complexity index is 500. The molecule has 4 nitrogen and oxygen atoms in total. The predicted octanol–water partition coefficient (Wildman–Crippen LogP) is 2.46. The van der Waals surface area contributed by atoms with E-state index in [0.29, 0.717) is 18.5 Å². The van der Waals surface area contributed by atoms with Gasteiger partial charge < -0.3 is 10.4 Å². The molecule has 1 unspecified atom stereocenters. The number of halogens is 1. The Morgan fingerprint density at radius 2 is 2.10 bits per heavy atom. The zero-order chi connectivity index (χ0) is 15.0. The maximum absolute atomic E-state index is 13.3. The summed E-state index contributed by atoms with van der Waals surface area (Å²) in [6, 6.07) is 6.17. The Hall–Kier alpha value is -2.17. The number of hydrogen-bond acceptors (Lipinski definition) is 2. The largest absolute Gasteiger partial charge is 0.481 e. The van der Waals surface area contributed by atoms with E-state index in [4.69, 9.17) is 5.11 Å². The fourth-order valence-corrected chi connectivity index (χ4v) is 1.58. The van der Waals surface area contributed by atoms with E-state index in [1.54, 1.807) is 18.2 Å². The molecule has 1 rings (SSSR count). The first kappa shape index (κ1) is 15.9. The minimum absolute atomic E-state index is 0.0805. The second-order valence-corrected chi connectivity index (χ2v) is 4.64. The van der Waals surface area contributed by atoms with Gasteiger partial charge in [0.05, 0.1) is 0 Å². The van der Waals surface area contributed by atoms with Crippen LogP contribution in [-0.2, 0) is 9.59 Å². The maximum atomic E-state index is 13.3. The summed E-state index contributed by atoms with van der Waals surface area (Å²) in [5, 5.41) is 11.2. The Balaban J connectivity index is 2.37. The molecule has 0 fully saturated rings. The third kappa shape index (κ3) is 6.13. The van der Waals surface area contributed by atoms with E-state index in [1.807, 2.05) is 6.92 Å². The molecule has 0 bridgehead atoms. The van der Waals surface area contributed by atoms with Crippen LogP contribution in [0.2, 0.25) is 0 Å². The van der Waals surface area contributed by atoms with E-state index >= 15 is 0 Å². The quantitative estimate of drug-likeness (QED) is 0.753. The molecule has 1 aromatic carbocycles. The number of nitrogens with one attached hydrogen (secondary N) is 1. The van der Waals surface area contributed by atoms with Crippen LogP contribution in [0.15, 0.2) is 30.3 Å². The van der Waals surface area contributed by atoms with Crippen LogP contribution >= 0.6 is 0 Å². The molecule has 5 heteroatoms. The number of carboxylic acids is 1. The SMILES string of the molecule is CC(CCC(=O)O)CNC(=O)/C=C/c1ccccc1F. The smallest absolute Gasteiger partial charge is 0.303 e. The highest BCUT2D eigenvalue weighted by molar-refractivity contribution is 5.91. The molecule has 0 aliphatic rings. The summed E-state index contributed by atoms with van der Waals surface area (Å²) >= 11 is 0. The number of aliphatic carboxylic acids is 1. The number of amides is 1. The number of carbonyl (C=O) groups excluding carboxylic acids is 1. The molecule has 0 aromatic heterocycles. The normalized spacial score (nSPS) is 12.3. The minimum atomic E-state index is -0.845. The fourth-order valence-electron chi connectivity index (χ4n) is 1.58. The molecule has 0 aliphatic carbocycles. The lowest BCUT2D eigenvalue weighted by molar-refractivity contribution is -0.137. The molecule has 108 valence electrons. The summed E-state index contributed by atoms with van der Waals surface area (Å²) < 4.78 is 13.3. The molecule has 0 spiro atoms. The monoisotopic (exact) mass is 279 g/mol. The van der Waals surface area contributed by atoms with Gasteiger partial charge in [-0.3, -0.25) is 9.59 Å². The van der Waals surface area contributed by atoms with Gasteiger partial charge in [0.2, 0.25) is 5.91 Å². The third-order valence-corrected chi connectivity index (χ3v) is 2.80. The van der Waals surface area contributed by atoms with E-state index in [0.717, 1.165) is 0 Å². The molecular formula is C15H18FNO3. The zero-order valence-electron chi connectivity index (χ0n) is 11.3. The number of carbonyl (C=O) groups is 2. The van der Waals surface area contributed by atoms with Gasteiger partial charge in [0, 0.05) is 24.6 Å². The molecule has 0 saturated carbocycles. The van der Waals surface area contributed by atoms with Gasteiger partial charge in [-0.2, -0.15) is 0 Å². The van der Waals surface area contributed by atoms with Crippen molar-refractivity contribution in [2.75, 3.05) is 6.54 Å². The second-order valence-electron chi connectivity index (χ2n) is 4.64. The molecule has 1 amide bonds. The van der Waals surface area contributed by atoms with Crippen LogP contribution in [0.4, 0.5) is 4.39 Å². The van der Waals surface area contributed by atoms with Crippen molar-refractivity contribution in [2.45, 2.75) is 19.8 Å². The standard InChI is InChI=1S/C15H18FNO3/c1-11(6-9-15(19)20)10-17-14(18)8-7-12-4-2-3-5-13(12)16/h2-5,7-8,11H,6,9-10H2,1H3,(H,17,18)(H,19,20)/b8-7+. The lowest BCUT2D eigenvalue weighted by Crippen LogP contribution is -2.26. The van der Waals surface area contributed by atoms with Crippen molar-refractivity contribution in [3.05, 3.63) is 41.7 Å². The van der Waals surface area contributed by atoms with Crippen LogP contribution in [0.5, 0.6) is 0 Å². The van der Waals surface area contributed by atoms with E-state index in [9.17, 15) is 14.0 Å². The van der Waals surface area contributed by atoms with Crippen LogP contribution in [0, 0.1) is 11.7 Å². The lowest BCUT2D eigenvalue weighted by Gasteiger charge is -2.09. The van der Waals surface area contributed by atoms with Crippen molar-refractivity contribution in [1.82, 2.24) is 5.32 Å². The summed E-state index contributed by atoms with van der Waals surface area (Å²) in [6.07, 6.45) is 3.27. The van der Waals surface area contributed by atoms with Crippen molar-refractivity contribution >= 4 is 18.0 Å². The average molecular weight is 279 g/mol. The highest BCUT2D eigenvalue weighted by Gasteiger charge is 2.06. The number of benzene rings is 1.